The number of rotatable bonds is 4. The molecule has 0 aliphatic carbocycles. The van der Waals surface area contributed by atoms with Crippen molar-refractivity contribution in [3.8, 4) is 0 Å². The summed E-state index contributed by atoms with van der Waals surface area (Å²) in [6, 6.07) is -0.583. The van der Waals surface area contributed by atoms with Gasteiger partial charge in [-0.2, -0.15) is 0 Å². The van der Waals surface area contributed by atoms with E-state index in [1.54, 1.807) is 20.8 Å². The van der Waals surface area contributed by atoms with Crippen LogP contribution in [0.25, 0.3) is 0 Å². The molecule has 0 aliphatic rings. The maximum atomic E-state index is 11.5. The molecule has 0 saturated heterocycles. The summed E-state index contributed by atoms with van der Waals surface area (Å²) in [6.45, 7) is 8.90. The van der Waals surface area contributed by atoms with E-state index in [0.717, 1.165) is 0 Å². The Labute approximate surface area is 96.7 Å². The molecule has 16 heavy (non-hydrogen) atoms. The van der Waals surface area contributed by atoms with E-state index >= 15 is 0 Å². The van der Waals surface area contributed by atoms with Gasteiger partial charge in [-0.05, 0) is 26.7 Å². The van der Waals surface area contributed by atoms with Crippen LogP contribution in [0.3, 0.4) is 0 Å². The molecule has 0 aromatic carbocycles. The van der Waals surface area contributed by atoms with Gasteiger partial charge >= 0.3 is 6.09 Å². The maximum Gasteiger partial charge on any atom is 0.408 e. The first-order valence-corrected chi connectivity index (χ1v) is 5.39. The molecule has 0 rings (SSSR count). The first-order valence-electron chi connectivity index (χ1n) is 5.39. The number of nitrogens with one attached hydrogen (secondary N) is 1. The number of amides is 1. The van der Waals surface area contributed by atoms with Crippen LogP contribution in [-0.2, 0) is 9.53 Å². The van der Waals surface area contributed by atoms with Crippen LogP contribution in [-0.4, -0.2) is 30.1 Å². The second kappa shape index (κ2) is 5.84. The van der Waals surface area contributed by atoms with Crippen molar-refractivity contribution in [2.45, 2.75) is 46.3 Å². The number of Topliss-reactive ketones (excluding diaryl/α,β-unsaturated/α-hetero) is 1. The summed E-state index contributed by atoms with van der Waals surface area (Å²) < 4.78 is 5.07. The summed E-state index contributed by atoms with van der Waals surface area (Å²) in [6.07, 6.45) is -0.590. The Morgan fingerprint density at radius 1 is 1.31 bits per heavy atom. The molecule has 0 fully saturated rings. The van der Waals surface area contributed by atoms with Crippen LogP contribution in [0.2, 0.25) is 0 Å². The van der Waals surface area contributed by atoms with Crippen molar-refractivity contribution in [3.05, 3.63) is 0 Å². The smallest absolute Gasteiger partial charge is 0.408 e. The fraction of sp³-hybridized carbons (Fsp3) is 0.818. The van der Waals surface area contributed by atoms with Gasteiger partial charge < -0.3 is 15.8 Å². The van der Waals surface area contributed by atoms with E-state index in [-0.39, 0.29) is 18.2 Å². The molecule has 0 unspecified atom stereocenters. The van der Waals surface area contributed by atoms with E-state index in [9.17, 15) is 9.59 Å². The number of ether oxygens (including phenoxy) is 1. The quantitative estimate of drug-likeness (QED) is 0.756. The van der Waals surface area contributed by atoms with Gasteiger partial charge in [0.2, 0.25) is 0 Å². The molecular formula is C11H22N2O3. The van der Waals surface area contributed by atoms with Gasteiger partial charge in [-0.1, -0.05) is 13.8 Å². The summed E-state index contributed by atoms with van der Waals surface area (Å²) in [4.78, 5) is 22.9. The second-order valence-corrected chi connectivity index (χ2v) is 5.04. The highest BCUT2D eigenvalue weighted by atomic mass is 16.6. The lowest BCUT2D eigenvalue weighted by Crippen LogP contribution is -2.48. The Kier molecular flexibility index (Phi) is 5.44. The zero-order valence-electron chi connectivity index (χ0n) is 10.7. The lowest BCUT2D eigenvalue weighted by molar-refractivity contribution is -0.120. The fourth-order valence-corrected chi connectivity index (χ4v) is 1.18. The third kappa shape index (κ3) is 5.70. The van der Waals surface area contributed by atoms with E-state index in [1.165, 1.54) is 0 Å². The highest BCUT2D eigenvalue weighted by Gasteiger charge is 2.25. The monoisotopic (exact) mass is 230 g/mol. The average molecular weight is 230 g/mol. The Morgan fingerprint density at radius 3 is 2.12 bits per heavy atom. The molecule has 94 valence electrons. The van der Waals surface area contributed by atoms with E-state index in [1.807, 2.05) is 13.8 Å². The molecule has 0 aromatic heterocycles. The second-order valence-electron chi connectivity index (χ2n) is 5.04. The Morgan fingerprint density at radius 2 is 1.81 bits per heavy atom. The van der Waals surface area contributed by atoms with E-state index in [0.29, 0.717) is 0 Å². The molecule has 5 nitrogen and oxygen atoms in total. The fourth-order valence-electron chi connectivity index (χ4n) is 1.18. The van der Waals surface area contributed by atoms with Gasteiger partial charge in [-0.3, -0.25) is 4.79 Å². The van der Waals surface area contributed by atoms with Crippen molar-refractivity contribution in [3.63, 3.8) is 0 Å². The zero-order valence-corrected chi connectivity index (χ0v) is 10.7. The van der Waals surface area contributed by atoms with Crippen molar-refractivity contribution in [1.29, 1.82) is 0 Å². The average Bonchev–Trinajstić information content (AvgIpc) is 2.09. The van der Waals surface area contributed by atoms with Crippen LogP contribution in [0.4, 0.5) is 4.79 Å². The minimum Gasteiger partial charge on any atom is -0.444 e. The number of hydrogen-bond donors (Lipinski definition) is 2. The minimum absolute atomic E-state index is 0.0106. The minimum atomic E-state index is -0.590. The van der Waals surface area contributed by atoms with Crippen molar-refractivity contribution in [1.82, 2.24) is 5.32 Å². The molecule has 0 bridgehead atoms. The van der Waals surface area contributed by atoms with Crippen molar-refractivity contribution >= 4 is 11.9 Å². The molecule has 0 radical (unpaired) electrons. The third-order valence-corrected chi connectivity index (χ3v) is 1.89. The van der Waals surface area contributed by atoms with Crippen LogP contribution < -0.4 is 11.1 Å². The highest BCUT2D eigenvalue weighted by molar-refractivity contribution is 5.89. The third-order valence-electron chi connectivity index (χ3n) is 1.89. The van der Waals surface area contributed by atoms with Crippen molar-refractivity contribution in [2.75, 3.05) is 6.54 Å². The molecular weight excluding hydrogens is 208 g/mol. The molecule has 3 N–H and O–H groups in total. The van der Waals surface area contributed by atoms with E-state index < -0.39 is 17.7 Å². The van der Waals surface area contributed by atoms with Gasteiger partial charge in [0.1, 0.15) is 5.60 Å². The number of carbonyl (C=O) groups is 2. The standard InChI is InChI=1S/C11H22N2O3/c1-7(2)9(8(14)6-12)13-10(15)16-11(3,4)5/h7,9H,6,12H2,1-5H3,(H,13,15)/t9-/m0/s1. The summed E-state index contributed by atoms with van der Waals surface area (Å²) in [5, 5.41) is 2.53. The molecule has 0 heterocycles. The van der Waals surface area contributed by atoms with Crippen LogP contribution in [0.15, 0.2) is 0 Å². The summed E-state index contributed by atoms with van der Waals surface area (Å²) >= 11 is 0. The van der Waals surface area contributed by atoms with Gasteiger partial charge in [-0.25, -0.2) is 4.79 Å². The Hall–Kier alpha value is -1.10. The lowest BCUT2D eigenvalue weighted by Gasteiger charge is -2.24. The zero-order chi connectivity index (χ0) is 12.9. The Bertz CT molecular complexity index is 256. The highest BCUT2D eigenvalue weighted by Crippen LogP contribution is 2.08. The normalized spacial score (nSPS) is 13.4. The molecule has 5 heteroatoms. The van der Waals surface area contributed by atoms with Gasteiger partial charge in [-0.15, -0.1) is 0 Å². The molecule has 0 saturated carbocycles. The predicted octanol–water partition coefficient (Wildman–Crippen LogP) is 1.06. The first kappa shape index (κ1) is 14.9. The van der Waals surface area contributed by atoms with Crippen LogP contribution in [0.1, 0.15) is 34.6 Å². The summed E-state index contributed by atoms with van der Waals surface area (Å²) in [5.74, 6) is -0.204. The molecule has 0 aromatic rings. The van der Waals surface area contributed by atoms with Crippen LogP contribution in [0, 0.1) is 5.92 Å². The largest absolute Gasteiger partial charge is 0.444 e. The number of nitrogens with two attached hydrogens (primary N) is 1. The number of carbonyl (C=O) groups excluding carboxylic acids is 2. The van der Waals surface area contributed by atoms with E-state index in [4.69, 9.17) is 10.5 Å². The predicted molar refractivity (Wildman–Crippen MR) is 62.1 cm³/mol. The van der Waals surface area contributed by atoms with Crippen LogP contribution in [0.5, 0.6) is 0 Å². The number of alkyl carbamates (subject to hydrolysis) is 1. The molecule has 0 aliphatic heterocycles. The first-order chi connectivity index (χ1) is 7.17. The lowest BCUT2D eigenvalue weighted by atomic mass is 10.0. The number of hydrogen-bond acceptors (Lipinski definition) is 4. The van der Waals surface area contributed by atoms with Gasteiger partial charge in [0.25, 0.3) is 0 Å². The van der Waals surface area contributed by atoms with Crippen molar-refractivity contribution in [2.24, 2.45) is 11.7 Å². The maximum absolute atomic E-state index is 11.5. The van der Waals surface area contributed by atoms with Gasteiger partial charge in [0, 0.05) is 0 Å². The van der Waals surface area contributed by atoms with Gasteiger partial charge in [0.15, 0.2) is 5.78 Å². The topological polar surface area (TPSA) is 81.4 Å². The molecule has 0 spiro atoms. The summed E-state index contributed by atoms with van der Waals surface area (Å²) in [7, 11) is 0. The van der Waals surface area contributed by atoms with Crippen LogP contribution >= 0.6 is 0 Å². The van der Waals surface area contributed by atoms with E-state index in [2.05, 4.69) is 5.32 Å². The molecule has 1 amide bonds. The van der Waals surface area contributed by atoms with Gasteiger partial charge in [0.05, 0.1) is 12.6 Å². The summed E-state index contributed by atoms with van der Waals surface area (Å²) in [5.41, 5.74) is 4.70. The Balaban J connectivity index is 4.42. The number of ketones is 1. The molecule has 1 atom stereocenters. The SMILES string of the molecule is CC(C)[C@H](NC(=O)OC(C)(C)C)C(=O)CN. The van der Waals surface area contributed by atoms with Crippen molar-refractivity contribution < 1.29 is 14.3 Å².